The maximum atomic E-state index is 8.37. The Morgan fingerprint density at radius 3 is 2.62 bits per heavy atom. The number of nitriles is 1. The molecule has 0 radical (unpaired) electrons. The molecule has 0 aliphatic rings. The van der Waals surface area contributed by atoms with Crippen LogP contribution in [0.2, 0.25) is 0 Å². The molecule has 0 saturated carbocycles. The molecular weight excluding hydrogens is 218 g/mol. The predicted octanol–water partition coefficient (Wildman–Crippen LogP) is 2.45. The van der Waals surface area contributed by atoms with E-state index in [4.69, 9.17) is 17.5 Å². The minimum atomic E-state index is 0.455. The summed E-state index contributed by atoms with van der Waals surface area (Å²) in [5.41, 5.74) is 2.26. The first-order valence-electron chi connectivity index (χ1n) is 5.27. The average Bonchev–Trinajstić information content (AvgIpc) is 2.30. The summed E-state index contributed by atoms with van der Waals surface area (Å²) in [6.07, 6.45) is 1.49. The van der Waals surface area contributed by atoms with Crippen LogP contribution >= 0.6 is 12.2 Å². The van der Waals surface area contributed by atoms with Gasteiger partial charge in [0.25, 0.3) is 0 Å². The third-order valence-electron chi connectivity index (χ3n) is 2.14. The Bertz CT molecular complexity index is 378. The monoisotopic (exact) mass is 233 g/mol. The molecule has 0 aliphatic carbocycles. The lowest BCUT2D eigenvalue weighted by Gasteiger charge is -2.09. The van der Waals surface area contributed by atoms with Crippen molar-refractivity contribution in [1.29, 1.82) is 5.26 Å². The number of nitrogens with zero attached hydrogens (tertiary/aromatic N) is 1. The van der Waals surface area contributed by atoms with E-state index in [9.17, 15) is 0 Å². The molecular formula is C12H15N3S. The van der Waals surface area contributed by atoms with E-state index in [-0.39, 0.29) is 0 Å². The van der Waals surface area contributed by atoms with Gasteiger partial charge in [0.05, 0.1) is 12.5 Å². The van der Waals surface area contributed by atoms with Crippen molar-refractivity contribution < 1.29 is 0 Å². The summed E-state index contributed by atoms with van der Waals surface area (Å²) in [7, 11) is 0. The standard InChI is InChI=1S/C12H15N3S/c1-2-10-4-6-11(7-5-10)15-12(16)14-9-3-8-13/h4-7H,2-3,9H2,1H3,(H2,14,15,16). The van der Waals surface area contributed by atoms with E-state index in [2.05, 4.69) is 35.8 Å². The molecule has 1 aromatic carbocycles. The molecule has 0 aliphatic heterocycles. The molecule has 0 bridgehead atoms. The second kappa shape index (κ2) is 6.81. The molecule has 0 spiro atoms. The lowest BCUT2D eigenvalue weighted by molar-refractivity contribution is 0.905. The summed E-state index contributed by atoms with van der Waals surface area (Å²) in [6, 6.07) is 10.2. The number of hydrogen-bond acceptors (Lipinski definition) is 2. The molecule has 84 valence electrons. The molecule has 3 nitrogen and oxygen atoms in total. The first kappa shape index (κ1) is 12.5. The molecule has 1 aromatic rings. The summed E-state index contributed by atoms with van der Waals surface area (Å²) < 4.78 is 0. The van der Waals surface area contributed by atoms with Crippen LogP contribution < -0.4 is 10.6 Å². The van der Waals surface area contributed by atoms with Crippen LogP contribution in [0.25, 0.3) is 0 Å². The van der Waals surface area contributed by atoms with Gasteiger partial charge in [-0.05, 0) is 36.3 Å². The number of thiocarbonyl (C=S) groups is 1. The van der Waals surface area contributed by atoms with E-state index in [0.29, 0.717) is 18.1 Å². The maximum absolute atomic E-state index is 8.37. The van der Waals surface area contributed by atoms with E-state index in [1.807, 2.05) is 12.1 Å². The van der Waals surface area contributed by atoms with Crippen LogP contribution in [0.1, 0.15) is 18.9 Å². The van der Waals surface area contributed by atoms with Gasteiger partial charge in [0, 0.05) is 12.2 Å². The highest BCUT2D eigenvalue weighted by molar-refractivity contribution is 7.80. The molecule has 16 heavy (non-hydrogen) atoms. The molecule has 2 N–H and O–H groups in total. The quantitative estimate of drug-likeness (QED) is 0.619. The fourth-order valence-corrected chi connectivity index (χ4v) is 1.45. The van der Waals surface area contributed by atoms with E-state index >= 15 is 0 Å². The fourth-order valence-electron chi connectivity index (χ4n) is 1.23. The van der Waals surface area contributed by atoms with Crippen molar-refractivity contribution in [2.24, 2.45) is 0 Å². The van der Waals surface area contributed by atoms with Crippen LogP contribution in [-0.4, -0.2) is 11.7 Å². The van der Waals surface area contributed by atoms with Gasteiger partial charge in [-0.25, -0.2) is 0 Å². The summed E-state index contributed by atoms with van der Waals surface area (Å²) in [4.78, 5) is 0. The number of hydrogen-bond donors (Lipinski definition) is 2. The van der Waals surface area contributed by atoms with Gasteiger partial charge in [-0.3, -0.25) is 0 Å². The van der Waals surface area contributed by atoms with Gasteiger partial charge in [0.1, 0.15) is 0 Å². The Morgan fingerprint density at radius 1 is 1.38 bits per heavy atom. The van der Waals surface area contributed by atoms with Gasteiger partial charge in [0.2, 0.25) is 0 Å². The Morgan fingerprint density at radius 2 is 2.06 bits per heavy atom. The van der Waals surface area contributed by atoms with Crippen LogP contribution in [-0.2, 0) is 6.42 Å². The van der Waals surface area contributed by atoms with Crippen LogP contribution in [0.15, 0.2) is 24.3 Å². The van der Waals surface area contributed by atoms with Gasteiger partial charge in [-0.15, -0.1) is 0 Å². The van der Waals surface area contributed by atoms with Gasteiger partial charge in [-0.1, -0.05) is 19.1 Å². The Kier molecular flexibility index (Phi) is 5.30. The van der Waals surface area contributed by atoms with Crippen molar-refractivity contribution in [3.05, 3.63) is 29.8 Å². The highest BCUT2D eigenvalue weighted by Gasteiger charge is 1.96. The first-order valence-corrected chi connectivity index (χ1v) is 5.68. The molecule has 0 aromatic heterocycles. The summed E-state index contributed by atoms with van der Waals surface area (Å²) in [5, 5.41) is 14.9. The smallest absolute Gasteiger partial charge is 0.170 e. The summed E-state index contributed by atoms with van der Waals surface area (Å²) in [5.74, 6) is 0. The Labute approximate surface area is 101 Å². The van der Waals surface area contributed by atoms with Crippen molar-refractivity contribution in [1.82, 2.24) is 5.32 Å². The average molecular weight is 233 g/mol. The van der Waals surface area contributed by atoms with Crippen LogP contribution in [0.4, 0.5) is 5.69 Å². The van der Waals surface area contributed by atoms with Crippen molar-refractivity contribution in [3.63, 3.8) is 0 Å². The van der Waals surface area contributed by atoms with Crippen LogP contribution in [0.5, 0.6) is 0 Å². The molecule has 1 rings (SSSR count). The lowest BCUT2D eigenvalue weighted by Crippen LogP contribution is -2.29. The molecule has 0 fully saturated rings. The highest BCUT2D eigenvalue weighted by atomic mass is 32.1. The zero-order chi connectivity index (χ0) is 11.8. The zero-order valence-corrected chi connectivity index (χ0v) is 10.1. The van der Waals surface area contributed by atoms with Crippen molar-refractivity contribution in [3.8, 4) is 6.07 Å². The normalized spacial score (nSPS) is 9.25. The lowest BCUT2D eigenvalue weighted by atomic mass is 10.1. The second-order valence-electron chi connectivity index (χ2n) is 3.34. The molecule has 0 atom stereocenters. The SMILES string of the molecule is CCc1ccc(NC(=S)NCCC#N)cc1. The minimum Gasteiger partial charge on any atom is -0.361 e. The highest BCUT2D eigenvalue weighted by Crippen LogP contribution is 2.09. The van der Waals surface area contributed by atoms with E-state index < -0.39 is 0 Å². The number of rotatable bonds is 4. The van der Waals surface area contributed by atoms with Crippen LogP contribution in [0.3, 0.4) is 0 Å². The van der Waals surface area contributed by atoms with Gasteiger partial charge in [0.15, 0.2) is 5.11 Å². The van der Waals surface area contributed by atoms with E-state index in [1.165, 1.54) is 5.56 Å². The van der Waals surface area contributed by atoms with Crippen LogP contribution in [0, 0.1) is 11.3 Å². The maximum Gasteiger partial charge on any atom is 0.170 e. The fraction of sp³-hybridized carbons (Fsp3) is 0.333. The summed E-state index contributed by atoms with van der Waals surface area (Å²) >= 11 is 5.08. The topological polar surface area (TPSA) is 47.8 Å². The zero-order valence-electron chi connectivity index (χ0n) is 9.29. The van der Waals surface area contributed by atoms with E-state index in [1.54, 1.807) is 0 Å². The first-order chi connectivity index (χ1) is 7.76. The summed E-state index contributed by atoms with van der Waals surface area (Å²) in [6.45, 7) is 2.70. The van der Waals surface area contributed by atoms with E-state index in [0.717, 1.165) is 12.1 Å². The number of nitrogens with one attached hydrogen (secondary N) is 2. The Hall–Kier alpha value is -1.60. The molecule has 0 saturated heterocycles. The molecule has 0 heterocycles. The number of anilines is 1. The number of benzene rings is 1. The van der Waals surface area contributed by atoms with Crippen molar-refractivity contribution in [2.45, 2.75) is 19.8 Å². The third kappa shape index (κ3) is 4.28. The van der Waals surface area contributed by atoms with Gasteiger partial charge in [-0.2, -0.15) is 5.26 Å². The third-order valence-corrected chi connectivity index (χ3v) is 2.39. The predicted molar refractivity (Wildman–Crippen MR) is 70.3 cm³/mol. The minimum absolute atomic E-state index is 0.455. The van der Waals surface area contributed by atoms with Crippen molar-refractivity contribution >= 4 is 23.0 Å². The molecule has 4 heteroatoms. The van der Waals surface area contributed by atoms with Gasteiger partial charge >= 0.3 is 0 Å². The number of aryl methyl sites for hydroxylation is 1. The van der Waals surface area contributed by atoms with Crippen molar-refractivity contribution in [2.75, 3.05) is 11.9 Å². The van der Waals surface area contributed by atoms with Gasteiger partial charge < -0.3 is 10.6 Å². The second-order valence-corrected chi connectivity index (χ2v) is 3.75. The largest absolute Gasteiger partial charge is 0.361 e. The molecule has 0 unspecified atom stereocenters. The molecule has 0 amide bonds. The Balaban J connectivity index is 2.41.